The molecule has 0 aromatic heterocycles. The van der Waals surface area contributed by atoms with Gasteiger partial charge in [0.15, 0.2) is 0 Å². The summed E-state index contributed by atoms with van der Waals surface area (Å²) in [5.41, 5.74) is 5.40. The number of carbonyl (C=O) groups excluding carboxylic acids is 1. The van der Waals surface area contributed by atoms with Gasteiger partial charge in [0.2, 0.25) is 0 Å². The van der Waals surface area contributed by atoms with Gasteiger partial charge in [-0.15, -0.1) is 0 Å². The van der Waals surface area contributed by atoms with E-state index in [0.29, 0.717) is 48.5 Å². The smallest absolute Gasteiger partial charge is 0.316 e. The summed E-state index contributed by atoms with van der Waals surface area (Å²) in [5, 5.41) is 0. The fourth-order valence-corrected chi connectivity index (χ4v) is 6.40. The molecule has 1 amide bonds. The van der Waals surface area contributed by atoms with Gasteiger partial charge in [-0.05, 0) is 73.2 Å². The minimum atomic E-state index is -2.59. The highest BCUT2D eigenvalue weighted by Crippen LogP contribution is 2.63. The average molecular weight is 516 g/mol. The number of alkyl halides is 2. The van der Waals surface area contributed by atoms with Crippen LogP contribution in [0.5, 0.6) is 0 Å². The van der Waals surface area contributed by atoms with Crippen molar-refractivity contribution in [2.45, 2.75) is 31.9 Å². The second kappa shape index (κ2) is 9.15. The molecule has 3 aromatic rings. The molecule has 0 radical (unpaired) electrons. The van der Waals surface area contributed by atoms with Gasteiger partial charge < -0.3 is 9.80 Å². The highest BCUT2D eigenvalue weighted by atomic mass is 19.3. The quantitative estimate of drug-likeness (QED) is 0.294. The Morgan fingerprint density at radius 1 is 1.00 bits per heavy atom. The zero-order valence-corrected chi connectivity index (χ0v) is 21.3. The molecule has 6 rings (SSSR count). The first-order chi connectivity index (χ1) is 18.3. The van der Waals surface area contributed by atoms with Crippen LogP contribution in [0.3, 0.4) is 0 Å². The van der Waals surface area contributed by atoms with Gasteiger partial charge in [-0.3, -0.25) is 9.79 Å². The SMILES string of the molecule is CN=C(c1cccc(F)c1)c1ccc(C(=O)N2CCC(C34C=C3c3ccccc3N4C(F)F)CC2)cc1C. The van der Waals surface area contributed by atoms with E-state index in [1.54, 1.807) is 31.3 Å². The average Bonchev–Trinajstić information content (AvgIpc) is 3.59. The highest BCUT2D eigenvalue weighted by molar-refractivity contribution is 6.14. The number of piperidine rings is 1. The number of anilines is 1. The number of aliphatic imine (C=N–C) groups is 1. The first-order valence-corrected chi connectivity index (χ1v) is 12.9. The maximum Gasteiger partial charge on any atom is 0.316 e. The number of benzene rings is 3. The molecule has 0 spiro atoms. The predicted octanol–water partition coefficient (Wildman–Crippen LogP) is 6.33. The topological polar surface area (TPSA) is 35.9 Å². The van der Waals surface area contributed by atoms with Crippen LogP contribution in [0.1, 0.15) is 45.5 Å². The molecule has 1 fully saturated rings. The van der Waals surface area contributed by atoms with Gasteiger partial charge >= 0.3 is 6.55 Å². The van der Waals surface area contributed by atoms with Gasteiger partial charge in [0.25, 0.3) is 5.91 Å². The summed E-state index contributed by atoms with van der Waals surface area (Å²) in [7, 11) is 1.67. The lowest BCUT2D eigenvalue weighted by Crippen LogP contribution is -2.50. The van der Waals surface area contributed by atoms with Crippen molar-refractivity contribution in [2.75, 3.05) is 25.0 Å². The van der Waals surface area contributed by atoms with Crippen LogP contribution in [0.25, 0.3) is 5.57 Å². The Bertz CT molecular complexity index is 1490. The molecule has 7 heteroatoms. The fourth-order valence-electron chi connectivity index (χ4n) is 6.40. The van der Waals surface area contributed by atoms with Crippen LogP contribution in [0.2, 0.25) is 0 Å². The van der Waals surface area contributed by atoms with E-state index < -0.39 is 12.1 Å². The second-order valence-corrected chi connectivity index (χ2v) is 10.2. The van der Waals surface area contributed by atoms with Crippen molar-refractivity contribution in [2.24, 2.45) is 10.9 Å². The summed E-state index contributed by atoms with van der Waals surface area (Å²) in [6.45, 7) is 0.369. The van der Waals surface area contributed by atoms with Crippen LogP contribution >= 0.6 is 0 Å². The van der Waals surface area contributed by atoms with E-state index in [1.165, 1.54) is 17.0 Å². The van der Waals surface area contributed by atoms with E-state index in [1.807, 2.05) is 48.2 Å². The van der Waals surface area contributed by atoms with Crippen LogP contribution in [-0.2, 0) is 0 Å². The lowest BCUT2D eigenvalue weighted by Gasteiger charge is -2.41. The molecule has 0 saturated carbocycles. The molecule has 3 aliphatic rings. The summed E-state index contributed by atoms with van der Waals surface area (Å²) in [6, 6.07) is 19.2. The van der Waals surface area contributed by atoms with Crippen molar-refractivity contribution in [1.29, 1.82) is 0 Å². The molecule has 3 aromatic carbocycles. The van der Waals surface area contributed by atoms with Crippen molar-refractivity contribution in [3.63, 3.8) is 0 Å². The molecular formula is C31H28F3N3O. The lowest BCUT2D eigenvalue weighted by atomic mass is 9.83. The number of aryl methyl sites for hydroxylation is 1. The van der Waals surface area contributed by atoms with Gasteiger partial charge in [0.1, 0.15) is 5.82 Å². The van der Waals surface area contributed by atoms with E-state index >= 15 is 0 Å². The third kappa shape index (κ3) is 3.75. The number of likely N-dealkylation sites (tertiary alicyclic amines) is 1. The van der Waals surface area contributed by atoms with Gasteiger partial charge in [-0.1, -0.05) is 36.4 Å². The van der Waals surface area contributed by atoms with Crippen molar-refractivity contribution in [3.8, 4) is 0 Å². The molecule has 1 atom stereocenters. The van der Waals surface area contributed by atoms with Crippen molar-refractivity contribution >= 4 is 22.9 Å². The minimum Gasteiger partial charge on any atom is -0.339 e. The van der Waals surface area contributed by atoms with Crippen LogP contribution in [-0.4, -0.2) is 48.7 Å². The number of fused-ring (bicyclic) bond motifs is 3. The summed E-state index contributed by atoms with van der Waals surface area (Å²) in [5.74, 6) is -0.370. The van der Waals surface area contributed by atoms with E-state index in [2.05, 4.69) is 4.99 Å². The standard InChI is InChI=1S/C31H28F3N3O/c1-19-16-21(10-11-24(19)28(35-2)20-6-5-7-23(32)17-20)29(38)36-14-12-22(13-15-36)31-18-26(31)25-8-3-4-9-27(25)37(31)30(33)34/h3-11,16-18,22,30H,12-15H2,1-2H3. The number of hydrogen-bond donors (Lipinski definition) is 0. The second-order valence-electron chi connectivity index (χ2n) is 10.2. The molecule has 0 N–H and O–H groups in total. The van der Waals surface area contributed by atoms with E-state index in [-0.39, 0.29) is 17.6 Å². The number of rotatable bonds is 5. The Kier molecular flexibility index (Phi) is 5.89. The Morgan fingerprint density at radius 2 is 1.76 bits per heavy atom. The number of hydrogen-bond acceptors (Lipinski definition) is 3. The van der Waals surface area contributed by atoms with Crippen molar-refractivity contribution in [1.82, 2.24) is 4.90 Å². The van der Waals surface area contributed by atoms with E-state index in [0.717, 1.165) is 22.3 Å². The van der Waals surface area contributed by atoms with Crippen molar-refractivity contribution < 1.29 is 18.0 Å². The zero-order valence-electron chi connectivity index (χ0n) is 21.3. The fraction of sp³-hybridized carbons (Fsp3) is 0.290. The number of carbonyl (C=O) groups is 1. The van der Waals surface area contributed by atoms with Crippen LogP contribution in [0, 0.1) is 18.7 Å². The Labute approximate surface area is 220 Å². The van der Waals surface area contributed by atoms with Crippen LogP contribution in [0.15, 0.2) is 77.8 Å². The monoisotopic (exact) mass is 515 g/mol. The molecule has 1 aliphatic carbocycles. The molecule has 0 bridgehead atoms. The highest BCUT2D eigenvalue weighted by Gasteiger charge is 2.62. The number of para-hydroxylation sites is 1. The zero-order chi connectivity index (χ0) is 26.6. The summed E-state index contributed by atoms with van der Waals surface area (Å²) >= 11 is 0. The predicted molar refractivity (Wildman–Crippen MR) is 143 cm³/mol. The minimum absolute atomic E-state index is 0.0293. The Balaban J connectivity index is 1.16. The molecule has 2 heterocycles. The van der Waals surface area contributed by atoms with Crippen molar-refractivity contribution in [3.05, 3.63) is 106 Å². The summed E-state index contributed by atoms with van der Waals surface area (Å²) in [6.07, 6.45) is 3.30. The van der Waals surface area contributed by atoms with Gasteiger partial charge in [0, 0.05) is 42.4 Å². The summed E-state index contributed by atoms with van der Waals surface area (Å²) < 4.78 is 42.2. The van der Waals surface area contributed by atoms with Crippen LogP contribution < -0.4 is 4.90 Å². The molecule has 2 aliphatic heterocycles. The Hall–Kier alpha value is -3.87. The molecule has 1 unspecified atom stereocenters. The van der Waals surface area contributed by atoms with Crippen LogP contribution in [0.4, 0.5) is 18.9 Å². The summed E-state index contributed by atoms with van der Waals surface area (Å²) in [4.78, 5) is 20.9. The first kappa shape index (κ1) is 24.5. The number of amides is 1. The normalized spacial score (nSPS) is 20.9. The Morgan fingerprint density at radius 3 is 2.45 bits per heavy atom. The number of nitrogens with zero attached hydrogens (tertiary/aromatic N) is 3. The maximum atomic E-state index is 14.2. The molecule has 194 valence electrons. The maximum absolute atomic E-state index is 14.2. The molecule has 38 heavy (non-hydrogen) atoms. The largest absolute Gasteiger partial charge is 0.339 e. The van der Waals surface area contributed by atoms with Gasteiger partial charge in [0.05, 0.1) is 16.9 Å². The van der Waals surface area contributed by atoms with E-state index in [4.69, 9.17) is 0 Å². The van der Waals surface area contributed by atoms with Gasteiger partial charge in [-0.2, -0.15) is 8.78 Å². The third-order valence-electron chi connectivity index (χ3n) is 8.21. The van der Waals surface area contributed by atoms with Gasteiger partial charge in [-0.25, -0.2) is 4.39 Å². The molecule has 4 nitrogen and oxygen atoms in total. The first-order valence-electron chi connectivity index (χ1n) is 12.9. The lowest BCUT2D eigenvalue weighted by molar-refractivity contribution is 0.0648. The third-order valence-corrected chi connectivity index (χ3v) is 8.21. The molecule has 1 saturated heterocycles. The van der Waals surface area contributed by atoms with E-state index in [9.17, 15) is 18.0 Å². The number of halogens is 3. The molecular weight excluding hydrogens is 487 g/mol.